The third kappa shape index (κ3) is 4.95. The van der Waals surface area contributed by atoms with Gasteiger partial charge in [0.2, 0.25) is 0 Å². The second kappa shape index (κ2) is 10.6. The third-order valence-corrected chi connectivity index (χ3v) is 40.1. The van der Waals surface area contributed by atoms with Crippen molar-refractivity contribution in [2.75, 3.05) is 0 Å². The summed E-state index contributed by atoms with van der Waals surface area (Å²) in [5.74, 6) is 0. The molecule has 2 unspecified atom stereocenters. The van der Waals surface area contributed by atoms with Crippen LogP contribution in [0.1, 0.15) is 96.1 Å². The quantitative estimate of drug-likeness (QED) is 0.183. The van der Waals surface area contributed by atoms with Gasteiger partial charge in [0.25, 0.3) is 0 Å². The van der Waals surface area contributed by atoms with Crippen LogP contribution in [0.25, 0.3) is 34.4 Å². The molecule has 0 amide bonds. The first-order valence-electron chi connectivity index (χ1n) is 16.4. The van der Waals surface area contributed by atoms with Crippen molar-refractivity contribution >= 4 is 15.4 Å². The molecule has 4 aromatic rings. The zero-order valence-electron chi connectivity index (χ0n) is 28.5. The van der Waals surface area contributed by atoms with Crippen molar-refractivity contribution in [3.63, 3.8) is 0 Å². The van der Waals surface area contributed by atoms with Crippen LogP contribution in [0, 0.1) is 0 Å². The molecule has 0 N–H and O–H groups in total. The van der Waals surface area contributed by atoms with E-state index in [1.54, 1.807) is 3.26 Å². The molecule has 1 heteroatoms. The van der Waals surface area contributed by atoms with Crippen LogP contribution in [0.2, 0.25) is 9.36 Å². The minimum atomic E-state index is -3.92. The normalized spacial score (nSPS) is 18.0. The van der Waals surface area contributed by atoms with E-state index in [-0.39, 0.29) is 10.8 Å². The summed E-state index contributed by atoms with van der Waals surface area (Å²) in [7, 11) is 0. The molecule has 0 bridgehead atoms. The fraction of sp³-hybridized carbons (Fsp3) is 0.326. The van der Waals surface area contributed by atoms with Gasteiger partial charge in [0, 0.05) is 0 Å². The van der Waals surface area contributed by atoms with Crippen molar-refractivity contribution in [1.82, 2.24) is 0 Å². The standard InChI is InChI=1S/2C19H19.C3H6.2CH3.Hf/c2*1-19(2,3)16-10-4-9-15(13-16)18-12-6-8-14-7-5-11-17(14)18;1-3-2;;;/h2*4-13H,1-3H3;1-2H3;2*1H3;. The Balaban J connectivity index is 1.47. The van der Waals surface area contributed by atoms with Gasteiger partial charge in [0.15, 0.2) is 0 Å². The molecule has 4 aromatic carbocycles. The molecule has 0 heterocycles. The molecule has 6 rings (SSSR count). The van der Waals surface area contributed by atoms with Crippen LogP contribution in [-0.4, -0.2) is 3.26 Å². The Morgan fingerprint density at radius 3 is 1.30 bits per heavy atom. The molecule has 226 valence electrons. The van der Waals surface area contributed by atoms with E-state index in [0.717, 1.165) is 0 Å². The molecule has 0 radical (unpaired) electrons. The number of hydrogen-bond acceptors (Lipinski definition) is 0. The van der Waals surface area contributed by atoms with Gasteiger partial charge >= 0.3 is 269 Å². The van der Waals surface area contributed by atoms with Crippen molar-refractivity contribution in [3.05, 3.63) is 130 Å². The van der Waals surface area contributed by atoms with Gasteiger partial charge < -0.3 is 0 Å². The SMILES string of the molecule is C[C](C)=[Hf]([CH3])([CH3])([CH]1C=Cc2c(-c3cccc(C(C)(C)C)c3)cccc21)[CH]1C=Cc2c(-c3cccc(C(C)(C)C)c3)cccc21. The maximum atomic E-state index is 2.74. The molecule has 0 fully saturated rings. The molecule has 0 aromatic heterocycles. The van der Waals surface area contributed by atoms with Gasteiger partial charge in [-0.2, -0.15) is 0 Å². The third-order valence-electron chi connectivity index (χ3n) is 11.4. The molecular formula is C43H50Hf. The summed E-state index contributed by atoms with van der Waals surface area (Å²) >= 11 is -3.92. The van der Waals surface area contributed by atoms with E-state index in [1.165, 1.54) is 55.6 Å². The predicted octanol–water partition coefficient (Wildman–Crippen LogP) is 12.4. The van der Waals surface area contributed by atoms with E-state index in [0.29, 0.717) is 7.35 Å². The number of fused-ring (bicyclic) bond motifs is 2. The van der Waals surface area contributed by atoms with E-state index in [4.69, 9.17) is 0 Å². The Hall–Kier alpha value is -2.90. The average molecular weight is 745 g/mol. The average Bonchev–Trinajstić information content (AvgIpc) is 3.62. The zero-order valence-corrected chi connectivity index (χ0v) is 32.1. The summed E-state index contributed by atoms with van der Waals surface area (Å²) in [5, 5.41) is 0. The monoisotopic (exact) mass is 746 g/mol. The van der Waals surface area contributed by atoms with Gasteiger partial charge in [-0.05, 0) is 0 Å². The van der Waals surface area contributed by atoms with Gasteiger partial charge in [-0.15, -0.1) is 0 Å². The van der Waals surface area contributed by atoms with Gasteiger partial charge in [0.05, 0.1) is 0 Å². The summed E-state index contributed by atoms with van der Waals surface area (Å²) in [6, 6.07) is 32.5. The minimum absolute atomic E-state index is 0.124. The number of hydrogen-bond donors (Lipinski definition) is 0. The molecule has 0 nitrogen and oxygen atoms in total. The molecule has 2 aliphatic rings. The number of allylic oxidation sites excluding steroid dienone is 2. The Kier molecular flexibility index (Phi) is 7.48. The summed E-state index contributed by atoms with van der Waals surface area (Å²) in [6.07, 6.45) is 10.1. The van der Waals surface area contributed by atoms with E-state index >= 15 is 0 Å². The summed E-state index contributed by atoms with van der Waals surface area (Å²) in [5.41, 5.74) is 14.3. The topological polar surface area (TPSA) is 0 Å². The van der Waals surface area contributed by atoms with Crippen LogP contribution in [0.4, 0.5) is 0 Å². The van der Waals surface area contributed by atoms with E-state index in [9.17, 15) is 0 Å². The molecule has 0 spiro atoms. The summed E-state index contributed by atoms with van der Waals surface area (Å²) < 4.78 is 8.07. The Morgan fingerprint density at radius 1 is 0.545 bits per heavy atom. The van der Waals surface area contributed by atoms with Gasteiger partial charge in [-0.25, -0.2) is 0 Å². The molecule has 44 heavy (non-hydrogen) atoms. The fourth-order valence-electron chi connectivity index (χ4n) is 7.85. The number of rotatable bonds is 4. The molecular weight excluding hydrogens is 695 g/mol. The van der Waals surface area contributed by atoms with Crippen LogP contribution in [0.15, 0.2) is 97.1 Å². The number of benzene rings is 4. The first-order valence-corrected chi connectivity index (χ1v) is 29.6. The van der Waals surface area contributed by atoms with E-state index < -0.39 is 18.0 Å². The molecule has 0 saturated heterocycles. The Bertz CT molecular complexity index is 1770. The first kappa shape index (κ1) is 31.1. The second-order valence-corrected chi connectivity index (χ2v) is 43.4. The summed E-state index contributed by atoms with van der Waals surface area (Å²) in [6.45, 7) is 18.7. The van der Waals surface area contributed by atoms with Crippen LogP contribution in [-0.2, 0) is 28.8 Å². The fourth-order valence-corrected chi connectivity index (χ4v) is 27.3. The van der Waals surface area contributed by atoms with Crippen molar-refractivity contribution in [2.45, 2.75) is 82.9 Å². The zero-order chi connectivity index (χ0) is 31.7. The summed E-state index contributed by atoms with van der Waals surface area (Å²) in [4.78, 5) is 0. The first-order chi connectivity index (χ1) is 20.6. The Labute approximate surface area is 267 Å². The van der Waals surface area contributed by atoms with Gasteiger partial charge in [-0.1, -0.05) is 0 Å². The van der Waals surface area contributed by atoms with E-state index in [1.807, 2.05) is 0 Å². The van der Waals surface area contributed by atoms with Crippen molar-refractivity contribution in [2.24, 2.45) is 0 Å². The Morgan fingerprint density at radius 2 is 0.932 bits per heavy atom. The van der Waals surface area contributed by atoms with Gasteiger partial charge in [0.1, 0.15) is 0 Å². The maximum absolute atomic E-state index is 3.92. The van der Waals surface area contributed by atoms with Gasteiger partial charge in [-0.3, -0.25) is 0 Å². The van der Waals surface area contributed by atoms with Crippen LogP contribution < -0.4 is 0 Å². The second-order valence-electron chi connectivity index (χ2n) is 16.6. The van der Waals surface area contributed by atoms with Crippen LogP contribution >= 0.6 is 0 Å². The van der Waals surface area contributed by atoms with Crippen molar-refractivity contribution < 1.29 is 18.0 Å². The molecule has 0 saturated carbocycles. The molecule has 2 aliphatic carbocycles. The molecule has 2 atom stereocenters. The van der Waals surface area contributed by atoms with Crippen LogP contribution in [0.5, 0.6) is 0 Å². The van der Waals surface area contributed by atoms with E-state index in [2.05, 4.69) is 174 Å². The van der Waals surface area contributed by atoms with Crippen molar-refractivity contribution in [1.29, 1.82) is 0 Å². The predicted molar refractivity (Wildman–Crippen MR) is 193 cm³/mol. The van der Waals surface area contributed by atoms with Crippen molar-refractivity contribution in [3.8, 4) is 22.3 Å². The molecule has 0 aliphatic heterocycles. The van der Waals surface area contributed by atoms with Crippen LogP contribution in [0.3, 0.4) is 0 Å².